The summed E-state index contributed by atoms with van der Waals surface area (Å²) in [6, 6.07) is 8.83. The third kappa shape index (κ3) is 5.72. The van der Waals surface area contributed by atoms with E-state index in [1.807, 2.05) is 11.8 Å². The molecule has 6 heteroatoms. The minimum absolute atomic E-state index is 0. The zero-order valence-corrected chi connectivity index (χ0v) is 17.5. The van der Waals surface area contributed by atoms with Gasteiger partial charge in [-0.2, -0.15) is 11.8 Å². The molecule has 2 aliphatic rings. The summed E-state index contributed by atoms with van der Waals surface area (Å²) in [4.78, 5) is 9.32. The molecule has 0 spiro atoms. The van der Waals surface area contributed by atoms with Crippen LogP contribution in [0.1, 0.15) is 31.2 Å². The van der Waals surface area contributed by atoms with Gasteiger partial charge in [0.2, 0.25) is 0 Å². The zero-order chi connectivity index (χ0) is 15.9. The Kier molecular flexibility index (Phi) is 8.52. The van der Waals surface area contributed by atoms with Crippen LogP contribution < -0.4 is 10.6 Å². The Hall–Kier alpha value is -0.630. The first-order valence-corrected chi connectivity index (χ1v) is 9.95. The van der Waals surface area contributed by atoms with E-state index >= 15 is 0 Å². The number of aliphatic imine (C=N–C) groups is 1. The second-order valence-electron chi connectivity index (χ2n) is 6.34. The van der Waals surface area contributed by atoms with Gasteiger partial charge in [0, 0.05) is 43.4 Å². The van der Waals surface area contributed by atoms with Crippen molar-refractivity contribution in [2.75, 3.05) is 42.6 Å². The van der Waals surface area contributed by atoms with Gasteiger partial charge in [-0.15, -0.1) is 24.0 Å². The predicted molar refractivity (Wildman–Crippen MR) is 117 cm³/mol. The molecule has 2 N–H and O–H groups in total. The Morgan fingerprint density at radius 2 is 1.58 bits per heavy atom. The highest BCUT2D eigenvalue weighted by Gasteiger charge is 2.12. The van der Waals surface area contributed by atoms with Crippen molar-refractivity contribution in [3.63, 3.8) is 0 Å². The standard InChI is InChI=1S/C18H28N4S.HI/c19-18(22-9-3-1-2-4-10-22)20-15-16-5-7-17(8-6-16)21-11-13-23-14-12-21;/h5-8H,1-4,9-15H2,(H2,19,20);1H. The molecule has 0 aliphatic carbocycles. The number of guanidine groups is 1. The van der Waals surface area contributed by atoms with E-state index in [-0.39, 0.29) is 24.0 Å². The molecule has 2 heterocycles. The number of anilines is 1. The summed E-state index contributed by atoms with van der Waals surface area (Å²) in [7, 11) is 0. The topological polar surface area (TPSA) is 44.9 Å². The van der Waals surface area contributed by atoms with E-state index in [4.69, 9.17) is 5.73 Å². The van der Waals surface area contributed by atoms with Crippen LogP contribution in [0.25, 0.3) is 0 Å². The van der Waals surface area contributed by atoms with Crippen LogP contribution in [-0.4, -0.2) is 48.5 Å². The summed E-state index contributed by atoms with van der Waals surface area (Å²) in [6.07, 6.45) is 5.11. The van der Waals surface area contributed by atoms with Crippen molar-refractivity contribution in [3.8, 4) is 0 Å². The number of hydrogen-bond donors (Lipinski definition) is 1. The molecular weight excluding hydrogens is 431 g/mol. The second-order valence-corrected chi connectivity index (χ2v) is 7.57. The Labute approximate surface area is 167 Å². The normalized spacial score (nSPS) is 19.6. The van der Waals surface area contributed by atoms with Gasteiger partial charge in [-0.3, -0.25) is 0 Å². The number of rotatable bonds is 3. The molecule has 0 unspecified atom stereocenters. The lowest BCUT2D eigenvalue weighted by atomic mass is 10.2. The highest BCUT2D eigenvalue weighted by atomic mass is 127. The first-order valence-electron chi connectivity index (χ1n) is 8.79. The van der Waals surface area contributed by atoms with E-state index in [1.165, 1.54) is 48.4 Å². The first kappa shape index (κ1) is 19.7. The average molecular weight is 460 g/mol. The highest BCUT2D eigenvalue weighted by molar-refractivity contribution is 14.0. The summed E-state index contributed by atoms with van der Waals surface area (Å²) < 4.78 is 0. The maximum atomic E-state index is 6.18. The van der Waals surface area contributed by atoms with E-state index < -0.39 is 0 Å². The number of nitrogens with two attached hydrogens (primary N) is 1. The average Bonchev–Trinajstić information content (AvgIpc) is 2.90. The largest absolute Gasteiger partial charge is 0.370 e. The lowest BCUT2D eigenvalue weighted by molar-refractivity contribution is 0.428. The van der Waals surface area contributed by atoms with Crippen LogP contribution in [0.5, 0.6) is 0 Å². The van der Waals surface area contributed by atoms with Crippen molar-refractivity contribution in [1.29, 1.82) is 0 Å². The lowest BCUT2D eigenvalue weighted by Crippen LogP contribution is -2.38. The molecule has 0 radical (unpaired) electrons. The number of likely N-dealkylation sites (tertiary alicyclic amines) is 1. The van der Waals surface area contributed by atoms with Crippen LogP contribution in [-0.2, 0) is 6.54 Å². The third-order valence-corrected chi connectivity index (χ3v) is 5.61. The van der Waals surface area contributed by atoms with Gasteiger partial charge in [0.15, 0.2) is 5.96 Å². The van der Waals surface area contributed by atoms with Crippen LogP contribution >= 0.6 is 35.7 Å². The monoisotopic (exact) mass is 460 g/mol. The molecule has 24 heavy (non-hydrogen) atoms. The van der Waals surface area contributed by atoms with Crippen LogP contribution in [0.15, 0.2) is 29.3 Å². The number of hydrogen-bond acceptors (Lipinski definition) is 3. The minimum atomic E-state index is 0. The molecular formula is C18H29IN4S. The zero-order valence-electron chi connectivity index (χ0n) is 14.3. The predicted octanol–water partition coefficient (Wildman–Crippen LogP) is 3.55. The van der Waals surface area contributed by atoms with Crippen molar-refractivity contribution in [1.82, 2.24) is 4.90 Å². The quantitative estimate of drug-likeness (QED) is 0.426. The van der Waals surface area contributed by atoms with Gasteiger partial charge in [0.25, 0.3) is 0 Å². The second kappa shape index (κ2) is 10.4. The molecule has 1 aromatic carbocycles. The molecule has 4 nitrogen and oxygen atoms in total. The van der Waals surface area contributed by atoms with E-state index in [0.29, 0.717) is 12.5 Å². The summed E-state index contributed by atoms with van der Waals surface area (Å²) in [5, 5.41) is 0. The van der Waals surface area contributed by atoms with Gasteiger partial charge in [-0.05, 0) is 30.5 Å². The third-order valence-electron chi connectivity index (χ3n) is 4.67. The van der Waals surface area contributed by atoms with Gasteiger partial charge >= 0.3 is 0 Å². The summed E-state index contributed by atoms with van der Waals surface area (Å²) in [6.45, 7) is 5.11. The maximum absolute atomic E-state index is 6.18. The molecule has 0 amide bonds. The van der Waals surface area contributed by atoms with Gasteiger partial charge in [-0.25, -0.2) is 4.99 Å². The fraction of sp³-hybridized carbons (Fsp3) is 0.611. The van der Waals surface area contributed by atoms with Crippen LogP contribution in [0.3, 0.4) is 0 Å². The summed E-state index contributed by atoms with van der Waals surface area (Å²) in [5.41, 5.74) is 8.74. The van der Waals surface area contributed by atoms with Gasteiger partial charge < -0.3 is 15.5 Å². The fourth-order valence-corrected chi connectivity index (χ4v) is 4.11. The highest BCUT2D eigenvalue weighted by Crippen LogP contribution is 2.20. The Balaban J connectivity index is 0.00000208. The summed E-state index contributed by atoms with van der Waals surface area (Å²) in [5.74, 6) is 3.18. The number of nitrogens with zero attached hydrogens (tertiary/aromatic N) is 3. The molecule has 0 bridgehead atoms. The first-order chi connectivity index (χ1) is 11.3. The van der Waals surface area contributed by atoms with Crippen molar-refractivity contribution >= 4 is 47.4 Å². The Morgan fingerprint density at radius 3 is 2.21 bits per heavy atom. The van der Waals surface area contributed by atoms with E-state index in [0.717, 1.165) is 26.2 Å². The van der Waals surface area contributed by atoms with Crippen molar-refractivity contribution in [2.45, 2.75) is 32.2 Å². The number of halogens is 1. The molecule has 1 aromatic rings. The van der Waals surface area contributed by atoms with Crippen molar-refractivity contribution in [3.05, 3.63) is 29.8 Å². The maximum Gasteiger partial charge on any atom is 0.191 e. The minimum Gasteiger partial charge on any atom is -0.370 e. The molecule has 0 atom stereocenters. The molecule has 0 aromatic heterocycles. The molecule has 2 fully saturated rings. The molecule has 2 aliphatic heterocycles. The van der Waals surface area contributed by atoms with Crippen LogP contribution in [0.2, 0.25) is 0 Å². The Bertz CT molecular complexity index is 506. The van der Waals surface area contributed by atoms with E-state index in [1.54, 1.807) is 0 Å². The van der Waals surface area contributed by atoms with Gasteiger partial charge in [0.05, 0.1) is 6.54 Å². The van der Waals surface area contributed by atoms with Gasteiger partial charge in [0.1, 0.15) is 0 Å². The molecule has 0 saturated carbocycles. The van der Waals surface area contributed by atoms with E-state index in [2.05, 4.69) is 39.1 Å². The number of thioether (sulfide) groups is 1. The van der Waals surface area contributed by atoms with E-state index in [9.17, 15) is 0 Å². The number of benzene rings is 1. The molecule has 134 valence electrons. The lowest BCUT2D eigenvalue weighted by Gasteiger charge is -2.28. The van der Waals surface area contributed by atoms with Crippen molar-refractivity contribution in [2.24, 2.45) is 10.7 Å². The smallest absolute Gasteiger partial charge is 0.191 e. The van der Waals surface area contributed by atoms with Crippen molar-refractivity contribution < 1.29 is 0 Å². The van der Waals surface area contributed by atoms with Crippen LogP contribution in [0.4, 0.5) is 5.69 Å². The Morgan fingerprint density at radius 1 is 0.958 bits per heavy atom. The molecule has 2 saturated heterocycles. The fourth-order valence-electron chi connectivity index (χ4n) is 3.21. The van der Waals surface area contributed by atoms with Crippen LogP contribution in [0, 0.1) is 0 Å². The molecule has 3 rings (SSSR count). The van der Waals surface area contributed by atoms with Gasteiger partial charge in [-0.1, -0.05) is 25.0 Å². The summed E-state index contributed by atoms with van der Waals surface area (Å²) >= 11 is 2.04. The SMILES string of the molecule is I.NC(=NCc1ccc(N2CCSCC2)cc1)N1CCCCCC1.